The van der Waals surface area contributed by atoms with Crippen LogP contribution in [-0.2, 0) is 4.74 Å². The van der Waals surface area contributed by atoms with Gasteiger partial charge in [-0.15, -0.1) is 0 Å². The Hall–Kier alpha value is -1.29. The van der Waals surface area contributed by atoms with Gasteiger partial charge >= 0.3 is 0 Å². The molecule has 0 unspecified atom stereocenters. The summed E-state index contributed by atoms with van der Waals surface area (Å²) in [6.07, 6.45) is -0.355. The number of H-pyrrole nitrogens is 1. The Morgan fingerprint density at radius 3 is 3.11 bits per heavy atom. The van der Waals surface area contributed by atoms with Crippen molar-refractivity contribution < 1.29 is 14.9 Å². The first-order chi connectivity index (χ1) is 9.11. The van der Waals surface area contributed by atoms with E-state index in [1.54, 1.807) is 4.57 Å². The molecule has 2 aromatic rings. The molecule has 0 bridgehead atoms. The van der Waals surface area contributed by atoms with Crippen LogP contribution in [-0.4, -0.2) is 48.5 Å². The number of nitrogens with one attached hydrogen (secondary N) is 1. The van der Waals surface area contributed by atoms with Gasteiger partial charge in [0.2, 0.25) is 0 Å². The Bertz CT molecular complexity index is 669. The summed E-state index contributed by atoms with van der Waals surface area (Å²) in [6, 6.07) is 0. The normalized spacial score (nSPS) is 27.2. The number of aliphatic hydroxyl groups is 2. The van der Waals surface area contributed by atoms with Gasteiger partial charge in [-0.3, -0.25) is 9.36 Å². The lowest BCUT2D eigenvalue weighted by molar-refractivity contribution is -0.0439. The van der Waals surface area contributed by atoms with Gasteiger partial charge in [0.1, 0.15) is 12.3 Å². The minimum absolute atomic E-state index is 0.194. The average molecular weight is 331 g/mol. The van der Waals surface area contributed by atoms with Crippen LogP contribution in [0.25, 0.3) is 11.2 Å². The number of rotatable bonds is 2. The van der Waals surface area contributed by atoms with Gasteiger partial charge < -0.3 is 19.9 Å². The van der Waals surface area contributed by atoms with Crippen molar-refractivity contribution in [2.75, 3.05) is 6.61 Å². The van der Waals surface area contributed by atoms with Crippen LogP contribution in [0.4, 0.5) is 0 Å². The smallest absolute Gasteiger partial charge is 0.278 e. The van der Waals surface area contributed by atoms with Gasteiger partial charge in [-0.05, 0) is 15.9 Å². The molecule has 0 aromatic carbocycles. The van der Waals surface area contributed by atoms with Crippen molar-refractivity contribution in [2.24, 2.45) is 0 Å². The predicted molar refractivity (Wildman–Crippen MR) is 67.5 cm³/mol. The number of hydrogen-bond acceptors (Lipinski definition) is 6. The first-order valence-electron chi connectivity index (χ1n) is 5.67. The molecule has 0 amide bonds. The van der Waals surface area contributed by atoms with Gasteiger partial charge in [0.05, 0.1) is 19.0 Å². The molecule has 8 nitrogen and oxygen atoms in total. The van der Waals surface area contributed by atoms with Crippen molar-refractivity contribution >= 4 is 27.1 Å². The summed E-state index contributed by atoms with van der Waals surface area (Å²) in [5, 5.41) is 18.8. The summed E-state index contributed by atoms with van der Waals surface area (Å²) >= 11 is 3.25. The molecule has 0 saturated carbocycles. The molecule has 1 aliphatic rings. The first-order valence-corrected chi connectivity index (χ1v) is 6.46. The van der Waals surface area contributed by atoms with Crippen LogP contribution in [0.15, 0.2) is 15.9 Å². The third kappa shape index (κ3) is 1.98. The maximum absolute atomic E-state index is 11.6. The predicted octanol–water partition coefficient (Wildman–Crippen LogP) is -0.477. The topological polar surface area (TPSA) is 113 Å². The zero-order valence-corrected chi connectivity index (χ0v) is 11.2. The molecule has 0 radical (unpaired) electrons. The maximum atomic E-state index is 11.6. The molecular weight excluding hydrogens is 320 g/mol. The Kier molecular flexibility index (Phi) is 3.13. The summed E-state index contributed by atoms with van der Waals surface area (Å²) in [4.78, 5) is 22.2. The number of fused-ring (bicyclic) bond motifs is 1. The number of nitrogens with zero attached hydrogens (tertiary/aromatic N) is 3. The summed E-state index contributed by atoms with van der Waals surface area (Å²) in [7, 11) is 0. The minimum Gasteiger partial charge on any atom is -0.394 e. The molecule has 3 heterocycles. The SMILES string of the molecule is O=c1[nH]cnc2c1nc(Br)n2[C@H]1C[C@H](O)[C@@H](CO)O1. The van der Waals surface area contributed by atoms with Crippen molar-refractivity contribution in [3.05, 3.63) is 21.4 Å². The fourth-order valence-corrected chi connectivity index (χ4v) is 2.76. The van der Waals surface area contributed by atoms with E-state index < -0.39 is 18.4 Å². The molecule has 102 valence electrons. The molecule has 1 fully saturated rings. The molecule has 19 heavy (non-hydrogen) atoms. The highest BCUT2D eigenvalue weighted by atomic mass is 79.9. The van der Waals surface area contributed by atoms with Gasteiger partial charge in [-0.2, -0.15) is 0 Å². The van der Waals surface area contributed by atoms with Crippen molar-refractivity contribution in [3.8, 4) is 0 Å². The third-order valence-corrected chi connectivity index (χ3v) is 3.67. The van der Waals surface area contributed by atoms with Gasteiger partial charge in [-0.25, -0.2) is 9.97 Å². The van der Waals surface area contributed by atoms with E-state index in [9.17, 15) is 9.90 Å². The van der Waals surface area contributed by atoms with Crippen LogP contribution in [0.3, 0.4) is 0 Å². The Morgan fingerprint density at radius 2 is 2.42 bits per heavy atom. The van der Waals surface area contributed by atoms with E-state index in [1.165, 1.54) is 6.33 Å². The number of imidazole rings is 1. The summed E-state index contributed by atoms with van der Waals surface area (Å²) in [5.74, 6) is 0. The average Bonchev–Trinajstić information content (AvgIpc) is 2.90. The summed E-state index contributed by atoms with van der Waals surface area (Å²) in [5.41, 5.74) is 0.216. The van der Waals surface area contributed by atoms with Crippen LogP contribution >= 0.6 is 15.9 Å². The van der Waals surface area contributed by atoms with Crippen LogP contribution in [0.1, 0.15) is 12.6 Å². The number of ether oxygens (including phenoxy) is 1. The maximum Gasteiger partial charge on any atom is 0.278 e. The van der Waals surface area contributed by atoms with E-state index in [4.69, 9.17) is 9.84 Å². The molecule has 3 N–H and O–H groups in total. The fraction of sp³-hybridized carbons (Fsp3) is 0.500. The van der Waals surface area contributed by atoms with Crippen molar-refractivity contribution in [1.82, 2.24) is 19.5 Å². The van der Waals surface area contributed by atoms with E-state index in [1.807, 2.05) is 0 Å². The number of aliphatic hydroxyl groups excluding tert-OH is 2. The van der Waals surface area contributed by atoms with Crippen molar-refractivity contribution in [2.45, 2.75) is 24.9 Å². The zero-order valence-electron chi connectivity index (χ0n) is 9.65. The van der Waals surface area contributed by atoms with Gasteiger partial charge in [-0.1, -0.05) is 0 Å². The Morgan fingerprint density at radius 1 is 1.63 bits per heavy atom. The van der Waals surface area contributed by atoms with E-state index >= 15 is 0 Å². The highest BCUT2D eigenvalue weighted by Gasteiger charge is 2.36. The van der Waals surface area contributed by atoms with Gasteiger partial charge in [0.25, 0.3) is 5.56 Å². The molecule has 1 saturated heterocycles. The second-order valence-corrected chi connectivity index (χ2v) is 4.98. The molecule has 0 aliphatic carbocycles. The van der Waals surface area contributed by atoms with Crippen molar-refractivity contribution in [1.29, 1.82) is 0 Å². The molecule has 3 atom stereocenters. The van der Waals surface area contributed by atoms with Crippen molar-refractivity contribution in [3.63, 3.8) is 0 Å². The van der Waals surface area contributed by atoms with E-state index in [2.05, 4.69) is 30.9 Å². The fourth-order valence-electron chi connectivity index (χ4n) is 2.19. The highest BCUT2D eigenvalue weighted by Crippen LogP contribution is 2.32. The minimum atomic E-state index is -0.763. The Balaban J connectivity index is 2.09. The van der Waals surface area contributed by atoms with E-state index in [-0.39, 0.29) is 17.7 Å². The third-order valence-electron chi connectivity index (χ3n) is 3.11. The molecule has 9 heteroatoms. The number of hydrogen-bond donors (Lipinski definition) is 3. The number of aromatic amines is 1. The lowest BCUT2D eigenvalue weighted by atomic mass is 10.2. The molecule has 3 rings (SSSR count). The lowest BCUT2D eigenvalue weighted by Gasteiger charge is -2.14. The zero-order chi connectivity index (χ0) is 13.6. The standard InChI is InChI=1S/C10H11BrN4O4/c11-10-14-7-8(12-3-13-9(7)18)15(10)6-1-4(17)5(2-16)19-6/h3-6,16-17H,1-2H2,(H,12,13,18)/t4-,5+,6+/m0/s1. The Labute approximate surface area is 115 Å². The lowest BCUT2D eigenvalue weighted by Crippen LogP contribution is -2.24. The molecular formula is C10H11BrN4O4. The van der Waals surface area contributed by atoms with Gasteiger partial charge in [0, 0.05) is 6.42 Å². The van der Waals surface area contributed by atoms with Crippen LogP contribution in [0.2, 0.25) is 0 Å². The quantitative estimate of drug-likeness (QED) is 0.641. The van der Waals surface area contributed by atoms with Crippen LogP contribution in [0, 0.1) is 0 Å². The second-order valence-electron chi connectivity index (χ2n) is 4.27. The van der Waals surface area contributed by atoms with E-state index in [0.717, 1.165) is 0 Å². The van der Waals surface area contributed by atoms with Crippen LogP contribution < -0.4 is 5.56 Å². The number of aromatic nitrogens is 4. The summed E-state index contributed by atoms with van der Waals surface area (Å²) in [6.45, 7) is -0.268. The second kappa shape index (κ2) is 4.67. The molecule has 2 aromatic heterocycles. The van der Waals surface area contributed by atoms with E-state index in [0.29, 0.717) is 16.8 Å². The first kappa shape index (κ1) is 12.7. The van der Waals surface area contributed by atoms with Gasteiger partial charge in [0.15, 0.2) is 15.9 Å². The van der Waals surface area contributed by atoms with Crippen LogP contribution in [0.5, 0.6) is 0 Å². The summed E-state index contributed by atoms with van der Waals surface area (Å²) < 4.78 is 7.51. The molecule has 1 aliphatic heterocycles. The monoisotopic (exact) mass is 330 g/mol. The highest BCUT2D eigenvalue weighted by molar-refractivity contribution is 9.10. The molecule has 0 spiro atoms. The number of halogens is 1. The largest absolute Gasteiger partial charge is 0.394 e.